The van der Waals surface area contributed by atoms with Gasteiger partial charge in [-0.15, -0.1) is 0 Å². The number of ether oxygens (including phenoxy) is 2. The highest BCUT2D eigenvalue weighted by atomic mass is 16.6. The summed E-state index contributed by atoms with van der Waals surface area (Å²) in [5.41, 5.74) is -1.37. The Morgan fingerprint density at radius 2 is 1.38 bits per heavy atom. The predicted molar refractivity (Wildman–Crippen MR) is 107 cm³/mol. The Hall–Kier alpha value is -2.52. The van der Waals surface area contributed by atoms with Crippen LogP contribution >= 0.6 is 0 Å². The fraction of sp³-hybridized carbons (Fsp3) is 0.789. The van der Waals surface area contributed by atoms with Crippen molar-refractivity contribution in [1.82, 2.24) is 16.0 Å². The van der Waals surface area contributed by atoms with E-state index in [0.29, 0.717) is 12.8 Å². The minimum absolute atomic E-state index is 0.0231. The average molecular weight is 418 g/mol. The molecule has 0 saturated heterocycles. The van der Waals surface area contributed by atoms with Crippen molar-refractivity contribution >= 4 is 24.1 Å². The number of carbonyl (C=O) groups excluding carboxylic acids is 3. The van der Waals surface area contributed by atoms with E-state index in [1.165, 1.54) is 0 Å². The van der Waals surface area contributed by atoms with Crippen LogP contribution in [0.3, 0.4) is 0 Å². The highest BCUT2D eigenvalue weighted by molar-refractivity contribution is 5.85. The molecule has 4 N–H and O–H groups in total. The SMILES string of the molecule is CC(C)(C)OC(=O)NCCC(NC(=O)OC(C)(C)C)C(=O)NCCCCC(=O)O. The molecule has 0 rings (SSSR count). The molecular formula is C19H35N3O7. The zero-order chi connectivity index (χ0) is 22.7. The van der Waals surface area contributed by atoms with Gasteiger partial charge in [0.1, 0.15) is 17.2 Å². The molecule has 0 radical (unpaired) electrons. The molecule has 0 aromatic heterocycles. The monoisotopic (exact) mass is 417 g/mol. The Labute approximate surface area is 172 Å². The molecule has 0 fully saturated rings. The number of carboxylic acid groups (broad SMARTS) is 1. The van der Waals surface area contributed by atoms with Crippen molar-refractivity contribution in [3.8, 4) is 0 Å². The van der Waals surface area contributed by atoms with Gasteiger partial charge in [0.15, 0.2) is 0 Å². The van der Waals surface area contributed by atoms with E-state index in [1.54, 1.807) is 41.5 Å². The minimum Gasteiger partial charge on any atom is -0.481 e. The van der Waals surface area contributed by atoms with Gasteiger partial charge >= 0.3 is 18.2 Å². The van der Waals surface area contributed by atoms with E-state index < -0.39 is 41.3 Å². The molecule has 0 bridgehead atoms. The van der Waals surface area contributed by atoms with Crippen molar-refractivity contribution < 1.29 is 33.8 Å². The van der Waals surface area contributed by atoms with Gasteiger partial charge in [0, 0.05) is 19.5 Å². The molecule has 10 heteroatoms. The van der Waals surface area contributed by atoms with E-state index >= 15 is 0 Å². The van der Waals surface area contributed by atoms with Gasteiger partial charge in [-0.1, -0.05) is 0 Å². The van der Waals surface area contributed by atoms with E-state index in [4.69, 9.17) is 14.6 Å². The van der Waals surface area contributed by atoms with Crippen molar-refractivity contribution in [2.75, 3.05) is 13.1 Å². The summed E-state index contributed by atoms with van der Waals surface area (Å²) >= 11 is 0. The first-order valence-corrected chi connectivity index (χ1v) is 9.65. The van der Waals surface area contributed by atoms with Crippen LogP contribution in [0.15, 0.2) is 0 Å². The van der Waals surface area contributed by atoms with Gasteiger partial charge in [-0.2, -0.15) is 0 Å². The van der Waals surface area contributed by atoms with Gasteiger partial charge in [0.25, 0.3) is 0 Å². The van der Waals surface area contributed by atoms with Gasteiger partial charge in [0.2, 0.25) is 5.91 Å². The zero-order valence-corrected chi connectivity index (χ0v) is 18.2. The minimum atomic E-state index is -0.931. The number of nitrogens with one attached hydrogen (secondary N) is 3. The average Bonchev–Trinajstić information content (AvgIpc) is 2.49. The molecule has 10 nitrogen and oxygen atoms in total. The van der Waals surface area contributed by atoms with E-state index in [2.05, 4.69) is 16.0 Å². The third-order valence-corrected chi connectivity index (χ3v) is 3.23. The fourth-order valence-corrected chi connectivity index (χ4v) is 2.09. The second-order valence-electron chi connectivity index (χ2n) is 8.56. The summed E-state index contributed by atoms with van der Waals surface area (Å²) in [5.74, 6) is -1.34. The summed E-state index contributed by atoms with van der Waals surface area (Å²) < 4.78 is 10.3. The van der Waals surface area contributed by atoms with E-state index in [1.807, 2.05) is 0 Å². The van der Waals surface area contributed by atoms with Crippen LogP contribution < -0.4 is 16.0 Å². The lowest BCUT2D eigenvalue weighted by atomic mass is 10.1. The van der Waals surface area contributed by atoms with Gasteiger partial charge in [-0.05, 0) is 60.8 Å². The molecule has 0 spiro atoms. The number of alkyl carbamates (subject to hydrolysis) is 2. The van der Waals surface area contributed by atoms with Crippen molar-refractivity contribution in [3.05, 3.63) is 0 Å². The first-order chi connectivity index (χ1) is 13.2. The molecule has 1 unspecified atom stereocenters. The maximum absolute atomic E-state index is 12.4. The number of hydrogen-bond acceptors (Lipinski definition) is 6. The molecule has 0 aliphatic heterocycles. The number of rotatable bonds is 10. The maximum atomic E-state index is 12.4. The zero-order valence-electron chi connectivity index (χ0n) is 18.2. The van der Waals surface area contributed by atoms with Crippen LogP contribution in [0.1, 0.15) is 67.2 Å². The highest BCUT2D eigenvalue weighted by Crippen LogP contribution is 2.08. The molecule has 0 aliphatic carbocycles. The van der Waals surface area contributed by atoms with Crippen molar-refractivity contribution in [3.63, 3.8) is 0 Å². The smallest absolute Gasteiger partial charge is 0.408 e. The topological polar surface area (TPSA) is 143 Å². The molecule has 0 aliphatic rings. The van der Waals surface area contributed by atoms with Crippen LogP contribution in [0.2, 0.25) is 0 Å². The third kappa shape index (κ3) is 16.2. The Balaban J connectivity index is 4.66. The van der Waals surface area contributed by atoms with Crippen molar-refractivity contribution in [2.45, 2.75) is 84.5 Å². The summed E-state index contributed by atoms with van der Waals surface area (Å²) in [5, 5.41) is 16.3. The number of aliphatic carboxylic acids is 1. The first kappa shape index (κ1) is 26.5. The number of hydrogen-bond donors (Lipinski definition) is 4. The van der Waals surface area contributed by atoms with E-state index in [0.717, 1.165) is 0 Å². The van der Waals surface area contributed by atoms with Crippen LogP contribution in [-0.2, 0) is 19.1 Å². The molecule has 0 saturated carbocycles. The van der Waals surface area contributed by atoms with Gasteiger partial charge in [0.05, 0.1) is 0 Å². The molecule has 3 amide bonds. The third-order valence-electron chi connectivity index (χ3n) is 3.23. The van der Waals surface area contributed by atoms with Crippen LogP contribution in [0.4, 0.5) is 9.59 Å². The Bertz CT molecular complexity index is 565. The van der Waals surface area contributed by atoms with Gasteiger partial charge in [-0.3, -0.25) is 9.59 Å². The summed E-state index contributed by atoms with van der Waals surface area (Å²) in [7, 11) is 0. The molecule has 168 valence electrons. The number of amides is 3. The van der Waals surface area contributed by atoms with Crippen molar-refractivity contribution in [2.24, 2.45) is 0 Å². The fourth-order valence-electron chi connectivity index (χ4n) is 2.09. The van der Waals surface area contributed by atoms with E-state index in [9.17, 15) is 19.2 Å². The summed E-state index contributed by atoms with van der Waals surface area (Å²) in [6, 6.07) is -0.931. The molecule has 0 aromatic carbocycles. The lowest BCUT2D eigenvalue weighted by Gasteiger charge is -2.24. The van der Waals surface area contributed by atoms with Gasteiger partial charge < -0.3 is 30.5 Å². The molecule has 29 heavy (non-hydrogen) atoms. The second-order valence-corrected chi connectivity index (χ2v) is 8.56. The van der Waals surface area contributed by atoms with Crippen LogP contribution in [0.5, 0.6) is 0 Å². The Morgan fingerprint density at radius 3 is 1.90 bits per heavy atom. The Kier molecular flexibility index (Phi) is 11.1. The van der Waals surface area contributed by atoms with Crippen molar-refractivity contribution in [1.29, 1.82) is 0 Å². The molecule has 0 heterocycles. The standard InChI is InChI=1S/C19H35N3O7/c1-18(2,3)28-16(26)21-12-10-13(22-17(27)29-19(4,5)6)15(25)20-11-8-7-9-14(23)24/h13H,7-12H2,1-6H3,(H,20,25)(H,21,26)(H,22,27)(H,23,24). The van der Waals surface area contributed by atoms with Crippen LogP contribution in [0, 0.1) is 0 Å². The quantitative estimate of drug-likeness (QED) is 0.399. The number of unbranched alkanes of at least 4 members (excludes halogenated alkanes) is 1. The second kappa shape index (κ2) is 12.1. The van der Waals surface area contributed by atoms with Crippen LogP contribution in [0.25, 0.3) is 0 Å². The normalized spacial score (nSPS) is 12.5. The summed E-state index contributed by atoms with van der Waals surface area (Å²) in [6.07, 6.45) is -0.300. The summed E-state index contributed by atoms with van der Waals surface area (Å²) in [6.45, 7) is 10.7. The van der Waals surface area contributed by atoms with Gasteiger partial charge in [-0.25, -0.2) is 9.59 Å². The maximum Gasteiger partial charge on any atom is 0.408 e. The molecule has 1 atom stereocenters. The number of carbonyl (C=O) groups is 4. The Morgan fingerprint density at radius 1 is 0.828 bits per heavy atom. The number of carboxylic acids is 1. The largest absolute Gasteiger partial charge is 0.481 e. The van der Waals surface area contributed by atoms with E-state index in [-0.39, 0.29) is 25.9 Å². The highest BCUT2D eigenvalue weighted by Gasteiger charge is 2.24. The first-order valence-electron chi connectivity index (χ1n) is 9.65. The lowest BCUT2D eigenvalue weighted by molar-refractivity contribution is -0.137. The lowest BCUT2D eigenvalue weighted by Crippen LogP contribution is -2.49. The van der Waals surface area contributed by atoms with Crippen LogP contribution in [-0.4, -0.2) is 59.5 Å². The molecular weight excluding hydrogens is 382 g/mol. The predicted octanol–water partition coefficient (Wildman–Crippen LogP) is 2.17. The summed E-state index contributed by atoms with van der Waals surface area (Å²) in [4.78, 5) is 46.7. The molecule has 0 aromatic rings.